The summed E-state index contributed by atoms with van der Waals surface area (Å²) < 4.78 is 10.4. The molecule has 1 aromatic heterocycles. The third kappa shape index (κ3) is 4.21. The number of esters is 1. The van der Waals surface area contributed by atoms with E-state index in [-0.39, 0.29) is 6.61 Å². The maximum Gasteiger partial charge on any atom is 0.341 e. The van der Waals surface area contributed by atoms with Crippen molar-refractivity contribution < 1.29 is 19.4 Å². The molecule has 0 aliphatic heterocycles. The van der Waals surface area contributed by atoms with Crippen molar-refractivity contribution in [2.24, 2.45) is 0 Å². The van der Waals surface area contributed by atoms with Gasteiger partial charge in [0.2, 0.25) is 0 Å². The molecule has 6 nitrogen and oxygen atoms in total. The molecule has 130 valence electrons. The van der Waals surface area contributed by atoms with Crippen molar-refractivity contribution in [1.29, 1.82) is 0 Å². The van der Waals surface area contributed by atoms with Gasteiger partial charge in [0, 0.05) is 18.1 Å². The fourth-order valence-electron chi connectivity index (χ4n) is 2.54. The number of anilines is 1. The summed E-state index contributed by atoms with van der Waals surface area (Å²) in [6, 6.07) is 5.94. The number of hydrogen-bond donors (Lipinski definition) is 2. The lowest BCUT2D eigenvalue weighted by molar-refractivity contribution is 0.0527. The molecule has 0 fully saturated rings. The van der Waals surface area contributed by atoms with E-state index in [1.54, 1.807) is 13.1 Å². The van der Waals surface area contributed by atoms with Gasteiger partial charge < -0.3 is 19.9 Å². The second-order valence-electron chi connectivity index (χ2n) is 5.20. The number of carbonyl (C=O) groups excluding carboxylic acids is 1. The van der Waals surface area contributed by atoms with Crippen molar-refractivity contribution in [3.8, 4) is 0 Å². The highest BCUT2D eigenvalue weighted by molar-refractivity contribution is 6.05. The van der Waals surface area contributed by atoms with E-state index >= 15 is 0 Å². The lowest BCUT2D eigenvalue weighted by atomic mass is 10.0. The predicted molar refractivity (Wildman–Crippen MR) is 93.5 cm³/mol. The number of aliphatic hydroxyl groups excluding tert-OH is 1. The molecule has 0 saturated carbocycles. The number of aliphatic hydroxyl groups is 1. The molecule has 0 atom stereocenters. The minimum atomic E-state index is -0.396. The number of carbonyl (C=O) groups is 1. The molecular formula is C18H24N2O4. The van der Waals surface area contributed by atoms with Gasteiger partial charge in [-0.05, 0) is 18.9 Å². The van der Waals surface area contributed by atoms with Crippen LogP contribution in [0.15, 0.2) is 24.4 Å². The fraction of sp³-hybridized carbons (Fsp3) is 0.444. The lowest BCUT2D eigenvalue weighted by Gasteiger charge is -2.15. The molecule has 2 rings (SSSR count). The molecule has 2 aromatic rings. The average molecular weight is 332 g/mol. The Morgan fingerprint density at radius 3 is 2.83 bits per heavy atom. The first kappa shape index (κ1) is 18.2. The van der Waals surface area contributed by atoms with E-state index in [1.165, 1.54) is 0 Å². The van der Waals surface area contributed by atoms with Gasteiger partial charge in [0.05, 0.1) is 37.6 Å². The Balaban J connectivity index is 2.36. The lowest BCUT2D eigenvalue weighted by Crippen LogP contribution is -2.15. The minimum Gasteiger partial charge on any atom is -0.462 e. The molecule has 6 heteroatoms. The largest absolute Gasteiger partial charge is 0.462 e. The third-order valence-electron chi connectivity index (χ3n) is 3.64. The van der Waals surface area contributed by atoms with E-state index in [9.17, 15) is 4.79 Å². The van der Waals surface area contributed by atoms with Crippen LogP contribution in [0.2, 0.25) is 0 Å². The zero-order chi connectivity index (χ0) is 17.4. The molecule has 0 saturated heterocycles. The molecule has 0 radical (unpaired) electrons. The summed E-state index contributed by atoms with van der Waals surface area (Å²) in [5, 5.41) is 12.9. The maximum absolute atomic E-state index is 12.2. The van der Waals surface area contributed by atoms with Crippen LogP contribution >= 0.6 is 0 Å². The van der Waals surface area contributed by atoms with Crippen molar-refractivity contribution in [1.82, 2.24) is 4.98 Å². The van der Waals surface area contributed by atoms with Crippen molar-refractivity contribution >= 4 is 22.6 Å². The number of rotatable bonds is 9. The normalized spacial score (nSPS) is 10.8. The molecule has 0 amide bonds. The summed E-state index contributed by atoms with van der Waals surface area (Å²) in [6.45, 7) is 5.39. The van der Waals surface area contributed by atoms with Crippen LogP contribution in [0, 0.1) is 0 Å². The number of ether oxygens (including phenoxy) is 2. The summed E-state index contributed by atoms with van der Waals surface area (Å²) in [5.41, 5.74) is 3.13. The van der Waals surface area contributed by atoms with E-state index < -0.39 is 5.97 Å². The van der Waals surface area contributed by atoms with E-state index in [0.29, 0.717) is 37.6 Å². The van der Waals surface area contributed by atoms with Gasteiger partial charge >= 0.3 is 5.97 Å². The molecular weight excluding hydrogens is 308 g/mol. The molecule has 0 bridgehead atoms. The Bertz CT molecular complexity index is 688. The highest BCUT2D eigenvalue weighted by Gasteiger charge is 2.17. The quantitative estimate of drug-likeness (QED) is 0.542. The Labute approximate surface area is 141 Å². The van der Waals surface area contributed by atoms with E-state index in [0.717, 1.165) is 22.9 Å². The average Bonchev–Trinajstić information content (AvgIpc) is 2.61. The first-order valence-electron chi connectivity index (χ1n) is 8.23. The number of aryl methyl sites for hydroxylation is 1. The van der Waals surface area contributed by atoms with Crippen LogP contribution in [0.25, 0.3) is 10.9 Å². The highest BCUT2D eigenvalue weighted by Crippen LogP contribution is 2.28. The van der Waals surface area contributed by atoms with Crippen LogP contribution in [0.5, 0.6) is 0 Å². The van der Waals surface area contributed by atoms with Crippen LogP contribution in [-0.4, -0.2) is 49.0 Å². The molecule has 2 N–H and O–H groups in total. The van der Waals surface area contributed by atoms with Crippen LogP contribution in [0.1, 0.15) is 29.8 Å². The zero-order valence-corrected chi connectivity index (χ0v) is 14.2. The van der Waals surface area contributed by atoms with Crippen LogP contribution < -0.4 is 5.32 Å². The van der Waals surface area contributed by atoms with Gasteiger partial charge in [-0.2, -0.15) is 0 Å². The van der Waals surface area contributed by atoms with Gasteiger partial charge in [-0.25, -0.2) is 4.79 Å². The smallest absolute Gasteiger partial charge is 0.341 e. The predicted octanol–water partition coefficient (Wildman–Crippen LogP) is 2.39. The maximum atomic E-state index is 12.2. The number of nitrogens with zero attached hydrogens (tertiary/aromatic N) is 1. The number of nitrogens with one attached hydrogen (secondary N) is 1. The van der Waals surface area contributed by atoms with Gasteiger partial charge in [0.15, 0.2) is 0 Å². The van der Waals surface area contributed by atoms with Gasteiger partial charge in [0.25, 0.3) is 0 Å². The molecule has 24 heavy (non-hydrogen) atoms. The Morgan fingerprint density at radius 1 is 1.29 bits per heavy atom. The second kappa shape index (κ2) is 9.20. The number of fused-ring (bicyclic) bond motifs is 1. The Kier molecular flexibility index (Phi) is 6.96. The highest BCUT2D eigenvalue weighted by atomic mass is 16.5. The zero-order valence-electron chi connectivity index (χ0n) is 14.2. The molecule has 1 heterocycles. The monoisotopic (exact) mass is 332 g/mol. The van der Waals surface area contributed by atoms with E-state index in [4.69, 9.17) is 14.6 Å². The van der Waals surface area contributed by atoms with Gasteiger partial charge in [-0.15, -0.1) is 0 Å². The van der Waals surface area contributed by atoms with Crippen LogP contribution in [0.3, 0.4) is 0 Å². The summed E-state index contributed by atoms with van der Waals surface area (Å²) in [4.78, 5) is 16.7. The van der Waals surface area contributed by atoms with Gasteiger partial charge in [-0.3, -0.25) is 4.98 Å². The molecule has 0 spiro atoms. The second-order valence-corrected chi connectivity index (χ2v) is 5.20. The van der Waals surface area contributed by atoms with E-state index in [1.807, 2.05) is 18.2 Å². The Hall–Kier alpha value is -2.18. The Morgan fingerprint density at radius 2 is 2.12 bits per heavy atom. The van der Waals surface area contributed by atoms with Crippen molar-refractivity contribution in [3.63, 3.8) is 0 Å². The summed E-state index contributed by atoms with van der Waals surface area (Å²) >= 11 is 0. The molecule has 0 unspecified atom stereocenters. The minimum absolute atomic E-state index is 0.00781. The first-order chi connectivity index (χ1) is 11.7. The number of aromatic nitrogens is 1. The number of para-hydroxylation sites is 1. The fourth-order valence-corrected chi connectivity index (χ4v) is 2.54. The van der Waals surface area contributed by atoms with Crippen LogP contribution in [-0.2, 0) is 15.9 Å². The summed E-state index contributed by atoms with van der Waals surface area (Å²) in [5.74, 6) is -0.396. The first-order valence-corrected chi connectivity index (χ1v) is 8.23. The van der Waals surface area contributed by atoms with Crippen molar-refractivity contribution in [2.75, 3.05) is 38.3 Å². The van der Waals surface area contributed by atoms with Crippen molar-refractivity contribution in [3.05, 3.63) is 35.5 Å². The summed E-state index contributed by atoms with van der Waals surface area (Å²) in [6.07, 6.45) is 2.43. The standard InChI is InChI=1S/C18H24N2O4/c1-3-13-6-5-7-14-16(13)20-12-15(18(22)24-4-2)17(14)19-8-10-23-11-9-21/h5-7,12,21H,3-4,8-11H2,1-2H3,(H,19,20). The SMILES string of the molecule is CCOC(=O)c1cnc2c(CC)cccc2c1NCCOCCO. The van der Waals surface area contributed by atoms with E-state index in [2.05, 4.69) is 17.2 Å². The van der Waals surface area contributed by atoms with Gasteiger partial charge in [-0.1, -0.05) is 25.1 Å². The number of benzene rings is 1. The molecule has 0 aliphatic carbocycles. The molecule has 0 aliphatic rings. The third-order valence-corrected chi connectivity index (χ3v) is 3.64. The summed E-state index contributed by atoms with van der Waals surface area (Å²) in [7, 11) is 0. The topological polar surface area (TPSA) is 80.7 Å². The van der Waals surface area contributed by atoms with Crippen molar-refractivity contribution in [2.45, 2.75) is 20.3 Å². The molecule has 1 aromatic carbocycles. The number of hydrogen-bond acceptors (Lipinski definition) is 6. The van der Waals surface area contributed by atoms with Crippen LogP contribution in [0.4, 0.5) is 5.69 Å². The van der Waals surface area contributed by atoms with Gasteiger partial charge in [0.1, 0.15) is 5.56 Å². The number of pyridine rings is 1.